The molecule has 0 unspecified atom stereocenters. The van der Waals surface area contributed by atoms with Crippen LogP contribution in [0.3, 0.4) is 0 Å². The Morgan fingerprint density at radius 2 is 2.12 bits per heavy atom. The first-order valence-electron chi connectivity index (χ1n) is 4.85. The number of carbonyl (C=O) groups is 1. The number of allylic oxidation sites excluding steroid dienone is 3. The van der Waals surface area contributed by atoms with Crippen molar-refractivity contribution in [3.63, 3.8) is 0 Å². The van der Waals surface area contributed by atoms with Gasteiger partial charge in [0.25, 0.3) is 0 Å². The summed E-state index contributed by atoms with van der Waals surface area (Å²) in [4.78, 5) is 11.1. The smallest absolute Gasteiger partial charge is 0.342 e. The molecule has 0 aromatic rings. The molecule has 17 heavy (non-hydrogen) atoms. The highest BCUT2D eigenvalue weighted by molar-refractivity contribution is 8.04. The number of aliphatic carboxylic acids is 1. The molecule has 92 valence electrons. The van der Waals surface area contributed by atoms with Crippen molar-refractivity contribution in [2.75, 3.05) is 20.0 Å². The van der Waals surface area contributed by atoms with Crippen molar-refractivity contribution in [2.45, 2.75) is 0 Å². The van der Waals surface area contributed by atoms with Crippen molar-refractivity contribution in [3.05, 3.63) is 46.8 Å². The summed E-state index contributed by atoms with van der Waals surface area (Å²) in [6.07, 6.45) is 4.92. The Hall–Kier alpha value is -1.62. The van der Waals surface area contributed by atoms with Crippen LogP contribution in [0.1, 0.15) is 0 Å². The van der Waals surface area contributed by atoms with Gasteiger partial charge < -0.3 is 14.6 Å². The topological polar surface area (TPSA) is 55.8 Å². The van der Waals surface area contributed by atoms with E-state index in [2.05, 4.69) is 6.58 Å². The Bertz CT molecular complexity index is 418. The van der Waals surface area contributed by atoms with Crippen molar-refractivity contribution in [2.24, 2.45) is 0 Å². The third-order valence-electron chi connectivity index (χ3n) is 2.11. The molecule has 1 rings (SSSR count). The summed E-state index contributed by atoms with van der Waals surface area (Å²) in [6.45, 7) is 3.61. The second kappa shape index (κ2) is 6.20. The van der Waals surface area contributed by atoms with E-state index in [4.69, 9.17) is 14.6 Å². The quantitative estimate of drug-likeness (QED) is 0.602. The van der Waals surface area contributed by atoms with E-state index in [1.165, 1.54) is 26.0 Å². The molecule has 0 aliphatic carbocycles. The van der Waals surface area contributed by atoms with Gasteiger partial charge in [-0.3, -0.25) is 0 Å². The molecule has 4 nitrogen and oxygen atoms in total. The van der Waals surface area contributed by atoms with Crippen LogP contribution >= 0.6 is 11.8 Å². The van der Waals surface area contributed by atoms with E-state index >= 15 is 0 Å². The highest BCUT2D eigenvalue weighted by Crippen LogP contribution is 2.29. The van der Waals surface area contributed by atoms with Crippen LogP contribution in [-0.4, -0.2) is 31.0 Å². The largest absolute Gasteiger partial charge is 0.493 e. The minimum Gasteiger partial charge on any atom is -0.493 e. The summed E-state index contributed by atoms with van der Waals surface area (Å²) in [5.41, 5.74) is 0.876. The Morgan fingerprint density at radius 1 is 1.47 bits per heavy atom. The van der Waals surface area contributed by atoms with Crippen LogP contribution in [-0.2, 0) is 14.3 Å². The van der Waals surface area contributed by atoms with Crippen LogP contribution in [0.5, 0.6) is 0 Å². The zero-order valence-corrected chi connectivity index (χ0v) is 10.5. The fraction of sp³-hybridized carbons (Fsp3) is 0.250. The van der Waals surface area contributed by atoms with E-state index in [1.807, 2.05) is 0 Å². The van der Waals surface area contributed by atoms with Gasteiger partial charge in [-0.15, -0.1) is 11.8 Å². The van der Waals surface area contributed by atoms with Gasteiger partial charge in [-0.2, -0.15) is 0 Å². The highest BCUT2D eigenvalue weighted by atomic mass is 32.2. The first-order valence-corrected chi connectivity index (χ1v) is 5.84. The van der Waals surface area contributed by atoms with Gasteiger partial charge in [0.1, 0.15) is 0 Å². The number of hydrogen-bond acceptors (Lipinski definition) is 4. The maximum absolute atomic E-state index is 10.7. The van der Waals surface area contributed by atoms with E-state index in [1.54, 1.807) is 18.2 Å². The van der Waals surface area contributed by atoms with Crippen LogP contribution in [0.25, 0.3) is 0 Å². The van der Waals surface area contributed by atoms with Crippen LogP contribution in [0.15, 0.2) is 46.8 Å². The molecule has 1 heterocycles. The molecule has 0 atom stereocenters. The van der Waals surface area contributed by atoms with Gasteiger partial charge in [0.15, 0.2) is 11.5 Å². The molecule has 0 saturated heterocycles. The zero-order valence-electron chi connectivity index (χ0n) is 9.73. The van der Waals surface area contributed by atoms with Crippen LogP contribution in [0.4, 0.5) is 0 Å². The fourth-order valence-electron chi connectivity index (χ4n) is 1.30. The first-order chi connectivity index (χ1) is 8.12. The Morgan fingerprint density at radius 3 is 2.53 bits per heavy atom. The monoisotopic (exact) mass is 254 g/mol. The minimum absolute atomic E-state index is 0.337. The zero-order chi connectivity index (χ0) is 12.8. The molecule has 1 aliphatic heterocycles. The van der Waals surface area contributed by atoms with Gasteiger partial charge in [-0.25, -0.2) is 4.79 Å². The van der Waals surface area contributed by atoms with Gasteiger partial charge in [0.2, 0.25) is 0 Å². The maximum Gasteiger partial charge on any atom is 0.342 e. The summed E-state index contributed by atoms with van der Waals surface area (Å²) in [6, 6.07) is 0. The lowest BCUT2D eigenvalue weighted by atomic mass is 10.2. The molecule has 0 radical (unpaired) electrons. The molecular weight excluding hydrogens is 240 g/mol. The highest BCUT2D eigenvalue weighted by Gasteiger charge is 2.16. The summed E-state index contributed by atoms with van der Waals surface area (Å²) in [5, 5.41) is 8.82. The van der Waals surface area contributed by atoms with Crippen molar-refractivity contribution in [1.82, 2.24) is 0 Å². The molecule has 0 saturated carbocycles. The van der Waals surface area contributed by atoms with Crippen molar-refractivity contribution in [1.29, 1.82) is 0 Å². The molecule has 0 amide bonds. The number of ether oxygens (including phenoxy) is 2. The predicted octanol–water partition coefficient (Wildman–Crippen LogP) is 2.32. The molecule has 0 aromatic heterocycles. The lowest BCUT2D eigenvalue weighted by molar-refractivity contribution is -0.131. The number of thioether (sulfide) groups is 1. The molecule has 0 spiro atoms. The summed E-state index contributed by atoms with van der Waals surface area (Å²) < 4.78 is 10.3. The number of rotatable bonds is 5. The molecule has 5 heteroatoms. The lowest BCUT2D eigenvalue weighted by Gasteiger charge is -2.06. The second-order valence-electron chi connectivity index (χ2n) is 3.16. The maximum atomic E-state index is 10.7. The van der Waals surface area contributed by atoms with Crippen LogP contribution in [0, 0.1) is 0 Å². The van der Waals surface area contributed by atoms with E-state index in [0.29, 0.717) is 22.2 Å². The van der Waals surface area contributed by atoms with Crippen molar-refractivity contribution < 1.29 is 19.4 Å². The molecule has 0 fully saturated rings. The van der Waals surface area contributed by atoms with E-state index in [0.717, 1.165) is 5.57 Å². The molecule has 1 N–H and O–H groups in total. The van der Waals surface area contributed by atoms with Crippen molar-refractivity contribution >= 4 is 17.7 Å². The van der Waals surface area contributed by atoms with E-state index < -0.39 is 5.97 Å². The summed E-state index contributed by atoms with van der Waals surface area (Å²) >= 11 is 1.29. The van der Waals surface area contributed by atoms with E-state index in [-0.39, 0.29) is 0 Å². The standard InChI is InChI=1S/C12H14O4S/c1-4-9(15-2)10(16-3)5-8-6-11(12(13)14)17-7-8/h4-6H,1,7H2,2-3H3,(H,13,14)/b8-5-,10-9-. The fourth-order valence-corrected chi connectivity index (χ4v) is 2.15. The van der Waals surface area contributed by atoms with Gasteiger partial charge in [-0.05, 0) is 23.8 Å². The number of hydrogen-bond donors (Lipinski definition) is 1. The molecule has 0 aromatic carbocycles. The number of carboxylic acids is 1. The SMILES string of the molecule is C=C/C(OC)=C(\C=C1\C=C(C(=O)O)SC1)OC. The normalized spacial score (nSPS) is 18.5. The average Bonchev–Trinajstić information content (AvgIpc) is 2.78. The Balaban J connectivity index is 3.00. The predicted molar refractivity (Wildman–Crippen MR) is 67.5 cm³/mol. The lowest BCUT2D eigenvalue weighted by Crippen LogP contribution is -1.94. The van der Waals surface area contributed by atoms with Crippen LogP contribution in [0.2, 0.25) is 0 Å². The number of carboxylic acid groups (broad SMARTS) is 1. The first kappa shape index (κ1) is 13.4. The third kappa shape index (κ3) is 3.42. The molecule has 1 aliphatic rings. The minimum atomic E-state index is -0.906. The summed E-state index contributed by atoms with van der Waals surface area (Å²) in [5.74, 6) is 0.753. The Kier molecular flexibility index (Phi) is 4.90. The van der Waals surface area contributed by atoms with Crippen LogP contribution < -0.4 is 0 Å². The third-order valence-corrected chi connectivity index (χ3v) is 3.19. The van der Waals surface area contributed by atoms with Gasteiger partial charge in [0.05, 0.1) is 19.1 Å². The molecular formula is C12H14O4S. The van der Waals surface area contributed by atoms with Gasteiger partial charge in [-0.1, -0.05) is 6.58 Å². The second-order valence-corrected chi connectivity index (χ2v) is 4.18. The summed E-state index contributed by atoms with van der Waals surface area (Å²) in [7, 11) is 3.05. The molecule has 0 bridgehead atoms. The Labute approximate surface area is 104 Å². The van der Waals surface area contributed by atoms with E-state index in [9.17, 15) is 4.79 Å². The number of methoxy groups -OCH3 is 2. The average molecular weight is 254 g/mol. The van der Waals surface area contributed by atoms with Gasteiger partial charge in [0, 0.05) is 5.75 Å². The van der Waals surface area contributed by atoms with Crippen molar-refractivity contribution in [3.8, 4) is 0 Å². The van der Waals surface area contributed by atoms with Gasteiger partial charge >= 0.3 is 5.97 Å².